The SMILES string of the molecule is CN(C)c1ccc(NC(=O)c2cccnc2Sc2ccccc2)cn1. The van der Waals surface area contributed by atoms with E-state index in [9.17, 15) is 4.79 Å². The van der Waals surface area contributed by atoms with E-state index in [-0.39, 0.29) is 5.91 Å². The average molecular weight is 350 g/mol. The van der Waals surface area contributed by atoms with Crippen LogP contribution >= 0.6 is 11.8 Å². The van der Waals surface area contributed by atoms with Crippen LogP contribution in [0.5, 0.6) is 0 Å². The van der Waals surface area contributed by atoms with Gasteiger partial charge in [-0.1, -0.05) is 30.0 Å². The number of nitrogens with one attached hydrogen (secondary N) is 1. The molecule has 0 spiro atoms. The molecule has 126 valence electrons. The van der Waals surface area contributed by atoms with Crippen molar-refractivity contribution >= 4 is 29.2 Å². The molecule has 1 aromatic carbocycles. The molecule has 3 aromatic rings. The minimum atomic E-state index is -0.203. The molecule has 0 saturated carbocycles. The van der Waals surface area contributed by atoms with Crippen molar-refractivity contribution in [2.24, 2.45) is 0 Å². The summed E-state index contributed by atoms with van der Waals surface area (Å²) >= 11 is 1.47. The molecule has 0 aliphatic carbocycles. The Hall–Kier alpha value is -2.86. The maximum atomic E-state index is 12.6. The number of carbonyl (C=O) groups excluding carboxylic acids is 1. The predicted octanol–water partition coefficient (Wildman–Crippen LogP) is 3.95. The van der Waals surface area contributed by atoms with Gasteiger partial charge in [-0.3, -0.25) is 4.79 Å². The van der Waals surface area contributed by atoms with Crippen molar-refractivity contribution in [3.63, 3.8) is 0 Å². The Bertz CT molecular complexity index is 851. The first-order chi connectivity index (χ1) is 12.1. The molecule has 1 N–H and O–H groups in total. The van der Waals surface area contributed by atoms with E-state index in [4.69, 9.17) is 0 Å². The van der Waals surface area contributed by atoms with Gasteiger partial charge >= 0.3 is 0 Å². The number of pyridine rings is 2. The van der Waals surface area contributed by atoms with Crippen LogP contribution in [-0.4, -0.2) is 30.0 Å². The standard InChI is InChI=1S/C19H18N4OS/c1-23(2)17-11-10-14(13-21-17)22-18(24)16-9-6-12-20-19(16)25-15-7-4-3-5-8-15/h3-13H,1-2H3,(H,22,24). The molecule has 0 atom stereocenters. The van der Waals surface area contributed by atoms with Crippen molar-refractivity contribution in [2.75, 3.05) is 24.3 Å². The number of anilines is 2. The summed E-state index contributed by atoms with van der Waals surface area (Å²) in [5.41, 5.74) is 1.18. The van der Waals surface area contributed by atoms with E-state index >= 15 is 0 Å². The number of aromatic nitrogens is 2. The molecule has 3 rings (SSSR count). The van der Waals surface area contributed by atoms with E-state index in [0.717, 1.165) is 10.7 Å². The number of hydrogen-bond acceptors (Lipinski definition) is 5. The van der Waals surface area contributed by atoms with Crippen molar-refractivity contribution in [1.82, 2.24) is 9.97 Å². The molecule has 0 bridgehead atoms. The number of rotatable bonds is 5. The van der Waals surface area contributed by atoms with Crippen molar-refractivity contribution in [2.45, 2.75) is 9.92 Å². The highest BCUT2D eigenvalue weighted by Crippen LogP contribution is 2.28. The molecule has 0 saturated heterocycles. The molecule has 25 heavy (non-hydrogen) atoms. The van der Waals surface area contributed by atoms with Crippen molar-refractivity contribution in [3.8, 4) is 0 Å². The van der Waals surface area contributed by atoms with Crippen LogP contribution in [0.25, 0.3) is 0 Å². The molecule has 0 fully saturated rings. The third-order valence-corrected chi connectivity index (χ3v) is 4.46. The van der Waals surface area contributed by atoms with Crippen LogP contribution < -0.4 is 10.2 Å². The molecule has 0 aliphatic heterocycles. The molecule has 0 aliphatic rings. The van der Waals surface area contributed by atoms with Crippen LogP contribution in [0.1, 0.15) is 10.4 Å². The third kappa shape index (κ3) is 4.36. The second kappa shape index (κ2) is 7.81. The second-order valence-corrected chi connectivity index (χ2v) is 6.59. The highest BCUT2D eigenvalue weighted by atomic mass is 32.2. The highest BCUT2D eigenvalue weighted by molar-refractivity contribution is 7.99. The van der Waals surface area contributed by atoms with Gasteiger partial charge in [0.15, 0.2) is 0 Å². The topological polar surface area (TPSA) is 58.1 Å². The van der Waals surface area contributed by atoms with Gasteiger partial charge in [-0.2, -0.15) is 0 Å². The first kappa shape index (κ1) is 17.0. The van der Waals surface area contributed by atoms with E-state index in [1.165, 1.54) is 11.8 Å². The summed E-state index contributed by atoms with van der Waals surface area (Å²) in [4.78, 5) is 24.2. The fourth-order valence-electron chi connectivity index (χ4n) is 2.17. The van der Waals surface area contributed by atoms with Gasteiger partial charge in [-0.25, -0.2) is 9.97 Å². The molecular weight excluding hydrogens is 332 g/mol. The maximum Gasteiger partial charge on any atom is 0.258 e. The number of carbonyl (C=O) groups is 1. The van der Waals surface area contributed by atoms with Crippen LogP contribution in [0.15, 0.2) is 76.9 Å². The summed E-state index contributed by atoms with van der Waals surface area (Å²) in [6, 6.07) is 17.1. The van der Waals surface area contributed by atoms with E-state index in [2.05, 4.69) is 15.3 Å². The quantitative estimate of drug-likeness (QED) is 0.755. The molecular formula is C19H18N4OS. The molecule has 6 heteroatoms. The van der Waals surface area contributed by atoms with Crippen molar-refractivity contribution in [3.05, 3.63) is 72.6 Å². The monoisotopic (exact) mass is 350 g/mol. The van der Waals surface area contributed by atoms with Crippen LogP contribution in [0.4, 0.5) is 11.5 Å². The minimum absolute atomic E-state index is 0.203. The minimum Gasteiger partial charge on any atom is -0.363 e. The number of amides is 1. The smallest absolute Gasteiger partial charge is 0.258 e. The summed E-state index contributed by atoms with van der Waals surface area (Å²) in [5, 5.41) is 3.55. The first-order valence-electron chi connectivity index (χ1n) is 7.76. The van der Waals surface area contributed by atoms with Gasteiger partial charge in [0.1, 0.15) is 10.8 Å². The molecule has 0 radical (unpaired) electrons. The molecule has 0 unspecified atom stereocenters. The number of hydrogen-bond donors (Lipinski definition) is 1. The predicted molar refractivity (Wildman–Crippen MR) is 101 cm³/mol. The van der Waals surface area contributed by atoms with Gasteiger partial charge in [0.05, 0.1) is 17.4 Å². The van der Waals surface area contributed by atoms with Crippen molar-refractivity contribution < 1.29 is 4.79 Å². The lowest BCUT2D eigenvalue weighted by molar-refractivity contribution is 0.102. The van der Waals surface area contributed by atoms with Crippen LogP contribution in [0, 0.1) is 0 Å². The first-order valence-corrected chi connectivity index (χ1v) is 8.58. The molecule has 2 heterocycles. The summed E-state index contributed by atoms with van der Waals surface area (Å²) in [6.07, 6.45) is 3.34. The summed E-state index contributed by atoms with van der Waals surface area (Å²) in [6.45, 7) is 0. The lowest BCUT2D eigenvalue weighted by Crippen LogP contribution is -2.14. The Kier molecular flexibility index (Phi) is 5.30. The van der Waals surface area contributed by atoms with Crippen LogP contribution in [-0.2, 0) is 0 Å². The number of nitrogens with zero attached hydrogens (tertiary/aromatic N) is 3. The van der Waals surface area contributed by atoms with Crippen LogP contribution in [0.2, 0.25) is 0 Å². The van der Waals surface area contributed by atoms with Gasteiger partial charge in [0.25, 0.3) is 5.91 Å². The van der Waals surface area contributed by atoms with Gasteiger partial charge in [0.2, 0.25) is 0 Å². The van der Waals surface area contributed by atoms with Crippen molar-refractivity contribution in [1.29, 1.82) is 0 Å². The lowest BCUT2D eigenvalue weighted by Gasteiger charge is -2.12. The average Bonchev–Trinajstić information content (AvgIpc) is 2.63. The van der Waals surface area contributed by atoms with Crippen LogP contribution in [0.3, 0.4) is 0 Å². The Morgan fingerprint density at radius 2 is 1.80 bits per heavy atom. The Morgan fingerprint density at radius 3 is 2.48 bits per heavy atom. The zero-order valence-electron chi connectivity index (χ0n) is 14.0. The fourth-order valence-corrected chi connectivity index (χ4v) is 3.07. The largest absolute Gasteiger partial charge is 0.363 e. The molecule has 1 amide bonds. The second-order valence-electron chi connectivity index (χ2n) is 5.52. The highest BCUT2D eigenvalue weighted by Gasteiger charge is 2.14. The van der Waals surface area contributed by atoms with Gasteiger partial charge in [-0.15, -0.1) is 0 Å². The summed E-state index contributed by atoms with van der Waals surface area (Å²) in [7, 11) is 3.84. The zero-order valence-corrected chi connectivity index (χ0v) is 14.8. The van der Waals surface area contributed by atoms with Gasteiger partial charge < -0.3 is 10.2 Å². The maximum absolute atomic E-state index is 12.6. The third-order valence-electron chi connectivity index (χ3n) is 3.44. The molecule has 2 aromatic heterocycles. The normalized spacial score (nSPS) is 10.3. The summed E-state index contributed by atoms with van der Waals surface area (Å²) in [5.74, 6) is 0.630. The van der Waals surface area contributed by atoms with E-state index < -0.39 is 0 Å². The van der Waals surface area contributed by atoms with E-state index in [0.29, 0.717) is 16.3 Å². The Morgan fingerprint density at radius 1 is 1.00 bits per heavy atom. The Labute approximate surface area is 151 Å². The van der Waals surface area contributed by atoms with Gasteiger partial charge in [-0.05, 0) is 36.4 Å². The molecule has 5 nitrogen and oxygen atoms in total. The Balaban J connectivity index is 1.78. The zero-order chi connectivity index (χ0) is 17.6. The van der Waals surface area contributed by atoms with E-state index in [1.54, 1.807) is 24.5 Å². The lowest BCUT2D eigenvalue weighted by atomic mass is 10.2. The van der Waals surface area contributed by atoms with Gasteiger partial charge in [0, 0.05) is 25.2 Å². The summed E-state index contributed by atoms with van der Waals surface area (Å²) < 4.78 is 0. The fraction of sp³-hybridized carbons (Fsp3) is 0.105. The van der Waals surface area contributed by atoms with E-state index in [1.807, 2.05) is 61.5 Å². The number of benzene rings is 1.